The molecule has 0 saturated heterocycles. The fraction of sp³-hybridized carbons (Fsp3) is 0.375. The van der Waals surface area contributed by atoms with E-state index in [2.05, 4.69) is 28.2 Å². The largest absolute Gasteiger partial charge is 0.466 e. The molecule has 0 bridgehead atoms. The van der Waals surface area contributed by atoms with Crippen LogP contribution < -0.4 is 5.32 Å². The summed E-state index contributed by atoms with van der Waals surface area (Å²) in [6.07, 6.45) is 0.704. The molecule has 1 unspecified atom stereocenters. The zero-order chi connectivity index (χ0) is 14.9. The van der Waals surface area contributed by atoms with Crippen LogP contribution in [0.1, 0.15) is 34.3 Å². The summed E-state index contributed by atoms with van der Waals surface area (Å²) in [5.41, 5.74) is 3.28. The van der Waals surface area contributed by atoms with Crippen LogP contribution in [-0.2, 0) is 6.42 Å². The van der Waals surface area contributed by atoms with Gasteiger partial charge in [0.15, 0.2) is 0 Å². The van der Waals surface area contributed by atoms with Gasteiger partial charge in [0.05, 0.1) is 4.47 Å². The van der Waals surface area contributed by atoms with E-state index in [1.165, 1.54) is 11.6 Å². The topological polar surface area (TPSA) is 25.2 Å². The number of hydrogen-bond donors (Lipinski definition) is 1. The van der Waals surface area contributed by atoms with Crippen molar-refractivity contribution in [3.63, 3.8) is 0 Å². The highest BCUT2D eigenvalue weighted by molar-refractivity contribution is 9.10. The summed E-state index contributed by atoms with van der Waals surface area (Å²) in [6, 6.07) is 5.24. The van der Waals surface area contributed by atoms with Crippen LogP contribution in [0.2, 0.25) is 0 Å². The summed E-state index contributed by atoms with van der Waals surface area (Å²) in [5.74, 6) is 1.64. The smallest absolute Gasteiger partial charge is 0.137 e. The first-order valence-electron chi connectivity index (χ1n) is 6.62. The second kappa shape index (κ2) is 6.10. The van der Waals surface area contributed by atoms with Crippen molar-refractivity contribution in [3.8, 4) is 0 Å². The van der Waals surface area contributed by atoms with Crippen LogP contribution in [0.25, 0.3) is 0 Å². The van der Waals surface area contributed by atoms with Crippen LogP contribution in [0.15, 0.2) is 27.1 Å². The van der Waals surface area contributed by atoms with Crippen molar-refractivity contribution in [3.05, 3.63) is 56.7 Å². The number of likely N-dealkylation sites (N-methyl/N-ethyl adjacent to an activating group) is 1. The van der Waals surface area contributed by atoms with E-state index in [-0.39, 0.29) is 11.9 Å². The molecule has 0 fully saturated rings. The third kappa shape index (κ3) is 2.81. The van der Waals surface area contributed by atoms with Crippen molar-refractivity contribution >= 4 is 15.9 Å². The molecule has 1 N–H and O–H groups in total. The Kier molecular flexibility index (Phi) is 4.66. The summed E-state index contributed by atoms with van der Waals surface area (Å²) >= 11 is 3.33. The average Bonchev–Trinajstić information content (AvgIpc) is 2.66. The second-order valence-corrected chi connectivity index (χ2v) is 5.80. The van der Waals surface area contributed by atoms with Gasteiger partial charge < -0.3 is 9.73 Å². The number of aryl methyl sites for hydroxylation is 2. The zero-order valence-electron chi connectivity index (χ0n) is 12.2. The lowest BCUT2D eigenvalue weighted by molar-refractivity contribution is 0.489. The van der Waals surface area contributed by atoms with Crippen LogP contribution in [0, 0.1) is 26.6 Å². The first-order valence-corrected chi connectivity index (χ1v) is 7.41. The van der Waals surface area contributed by atoms with Crippen LogP contribution in [-0.4, -0.2) is 7.05 Å². The predicted octanol–water partition coefficient (Wildman–Crippen LogP) is 4.61. The molecule has 0 saturated carbocycles. The molecule has 2 rings (SSSR count). The molecule has 1 atom stereocenters. The molecule has 0 aliphatic rings. The number of benzene rings is 1. The monoisotopic (exact) mass is 339 g/mol. The van der Waals surface area contributed by atoms with Crippen molar-refractivity contribution in [1.82, 2.24) is 5.32 Å². The number of rotatable bonds is 4. The second-order valence-electron chi connectivity index (χ2n) is 5.01. The fourth-order valence-corrected chi connectivity index (χ4v) is 3.02. The average molecular weight is 340 g/mol. The lowest BCUT2D eigenvalue weighted by Gasteiger charge is -2.18. The summed E-state index contributed by atoms with van der Waals surface area (Å²) in [6.45, 7) is 6.00. The molecule has 108 valence electrons. The maximum atomic E-state index is 13.6. The van der Waals surface area contributed by atoms with E-state index >= 15 is 0 Å². The molecule has 4 heteroatoms. The Hall–Kier alpha value is -1.13. The molecule has 0 aliphatic heterocycles. The van der Waals surface area contributed by atoms with Crippen LogP contribution in [0.4, 0.5) is 4.39 Å². The molecule has 20 heavy (non-hydrogen) atoms. The Morgan fingerprint density at radius 1 is 1.25 bits per heavy atom. The normalized spacial score (nSPS) is 12.7. The molecule has 1 aromatic heterocycles. The molecule has 1 aromatic carbocycles. The molecule has 1 heterocycles. The van der Waals surface area contributed by atoms with Gasteiger partial charge in [-0.25, -0.2) is 4.39 Å². The van der Waals surface area contributed by atoms with Crippen LogP contribution in [0.3, 0.4) is 0 Å². The quantitative estimate of drug-likeness (QED) is 0.879. The Balaban J connectivity index is 2.36. The van der Waals surface area contributed by atoms with Gasteiger partial charge in [-0.05, 0) is 67.4 Å². The van der Waals surface area contributed by atoms with E-state index < -0.39 is 0 Å². The number of hydrogen-bond acceptors (Lipinski definition) is 2. The van der Waals surface area contributed by atoms with Gasteiger partial charge in [-0.15, -0.1) is 0 Å². The Morgan fingerprint density at radius 2 is 1.95 bits per heavy atom. The van der Waals surface area contributed by atoms with Crippen molar-refractivity contribution in [2.24, 2.45) is 0 Å². The third-order valence-corrected chi connectivity index (χ3v) is 4.66. The summed E-state index contributed by atoms with van der Waals surface area (Å²) in [7, 11) is 1.92. The van der Waals surface area contributed by atoms with E-state index in [9.17, 15) is 4.39 Å². The van der Waals surface area contributed by atoms with Gasteiger partial charge in [0.25, 0.3) is 0 Å². The fourth-order valence-electron chi connectivity index (χ4n) is 2.60. The molecule has 0 aliphatic carbocycles. The van der Waals surface area contributed by atoms with Gasteiger partial charge in [-0.2, -0.15) is 0 Å². The van der Waals surface area contributed by atoms with Gasteiger partial charge >= 0.3 is 0 Å². The van der Waals surface area contributed by atoms with Crippen LogP contribution >= 0.6 is 15.9 Å². The van der Waals surface area contributed by atoms with Gasteiger partial charge in [0.1, 0.15) is 17.3 Å². The highest BCUT2D eigenvalue weighted by Crippen LogP contribution is 2.31. The lowest BCUT2D eigenvalue weighted by Crippen LogP contribution is -2.20. The number of halogens is 2. The highest BCUT2D eigenvalue weighted by atomic mass is 79.9. The van der Waals surface area contributed by atoms with Crippen molar-refractivity contribution in [2.75, 3.05) is 7.05 Å². The van der Waals surface area contributed by atoms with Crippen molar-refractivity contribution < 1.29 is 8.81 Å². The minimum atomic E-state index is -0.228. The molecule has 0 radical (unpaired) electrons. The predicted molar refractivity (Wildman–Crippen MR) is 82.5 cm³/mol. The van der Waals surface area contributed by atoms with E-state index in [0.717, 1.165) is 22.6 Å². The molecule has 2 aromatic rings. The zero-order valence-corrected chi connectivity index (χ0v) is 13.8. The highest BCUT2D eigenvalue weighted by Gasteiger charge is 2.21. The summed E-state index contributed by atoms with van der Waals surface area (Å²) < 4.78 is 19.8. The van der Waals surface area contributed by atoms with Crippen molar-refractivity contribution in [1.29, 1.82) is 0 Å². The number of nitrogens with one attached hydrogen (secondary N) is 1. The van der Waals surface area contributed by atoms with E-state index in [0.29, 0.717) is 10.9 Å². The Labute approximate surface area is 127 Å². The Bertz CT molecular complexity index is 621. The Morgan fingerprint density at radius 3 is 2.50 bits per heavy atom. The van der Waals surface area contributed by atoms with Gasteiger partial charge in [0.2, 0.25) is 0 Å². The third-order valence-electron chi connectivity index (χ3n) is 3.77. The number of furan rings is 1. The van der Waals surface area contributed by atoms with E-state index in [1.807, 2.05) is 27.0 Å². The summed E-state index contributed by atoms with van der Waals surface area (Å²) in [5, 5.41) is 3.31. The molecular weight excluding hydrogens is 321 g/mol. The minimum absolute atomic E-state index is 0.102. The minimum Gasteiger partial charge on any atom is -0.466 e. The van der Waals surface area contributed by atoms with E-state index in [4.69, 9.17) is 4.42 Å². The van der Waals surface area contributed by atoms with E-state index in [1.54, 1.807) is 6.07 Å². The van der Waals surface area contributed by atoms with Gasteiger partial charge in [-0.3, -0.25) is 0 Å². The van der Waals surface area contributed by atoms with Gasteiger partial charge in [0, 0.05) is 11.6 Å². The SMILES string of the molecule is CNC(Cc1cccc(F)c1Br)c1c(C)oc(C)c1C. The van der Waals surface area contributed by atoms with Gasteiger partial charge in [-0.1, -0.05) is 12.1 Å². The maximum absolute atomic E-state index is 13.6. The molecule has 0 amide bonds. The first kappa shape index (κ1) is 15.3. The van der Waals surface area contributed by atoms with Crippen LogP contribution in [0.5, 0.6) is 0 Å². The van der Waals surface area contributed by atoms with Crippen molar-refractivity contribution in [2.45, 2.75) is 33.2 Å². The lowest BCUT2D eigenvalue weighted by atomic mass is 9.96. The molecular formula is C16H19BrFNO. The summed E-state index contributed by atoms with van der Waals surface area (Å²) in [4.78, 5) is 0. The standard InChI is InChI=1S/C16H19BrFNO/c1-9-10(2)20-11(3)15(9)14(19-4)8-12-6-5-7-13(18)16(12)17/h5-7,14,19H,8H2,1-4H3. The first-order chi connectivity index (χ1) is 9.45. The maximum Gasteiger partial charge on any atom is 0.137 e. The molecule has 2 nitrogen and oxygen atoms in total. The molecule has 0 spiro atoms.